The fourth-order valence-electron chi connectivity index (χ4n) is 7.70. The van der Waals surface area contributed by atoms with E-state index in [4.69, 9.17) is 6.42 Å². The first-order valence-electron chi connectivity index (χ1n) is 17.6. The van der Waals surface area contributed by atoms with Gasteiger partial charge >= 0.3 is 6.03 Å². The van der Waals surface area contributed by atoms with Crippen LogP contribution < -0.4 is 21.3 Å². The molecule has 13 nitrogen and oxygen atoms in total. The Hall–Kier alpha value is -4.25. The van der Waals surface area contributed by atoms with E-state index in [1.165, 1.54) is 23.2 Å². The van der Waals surface area contributed by atoms with Crippen LogP contribution in [0.25, 0.3) is 0 Å². The topological polar surface area (TPSA) is 184 Å². The summed E-state index contributed by atoms with van der Waals surface area (Å²) in [7, 11) is -3.85. The van der Waals surface area contributed by atoms with Crippen molar-refractivity contribution in [1.82, 2.24) is 31.2 Å². The number of piperidine rings is 1. The van der Waals surface area contributed by atoms with Crippen molar-refractivity contribution < 1.29 is 32.4 Å². The summed E-state index contributed by atoms with van der Waals surface area (Å²) in [4.78, 5) is 73.3. The van der Waals surface area contributed by atoms with Crippen molar-refractivity contribution in [2.45, 2.75) is 108 Å². The van der Waals surface area contributed by atoms with Crippen LogP contribution in [0.5, 0.6) is 0 Å². The number of hydrogen-bond donors (Lipinski definition) is 4. The van der Waals surface area contributed by atoms with Gasteiger partial charge in [-0.05, 0) is 54.1 Å². The molecule has 0 aromatic carbocycles. The van der Waals surface area contributed by atoms with Gasteiger partial charge in [-0.25, -0.2) is 18.2 Å². The van der Waals surface area contributed by atoms with Crippen LogP contribution >= 0.6 is 0 Å². The van der Waals surface area contributed by atoms with Gasteiger partial charge in [0.25, 0.3) is 5.91 Å². The number of pyridine rings is 1. The fourth-order valence-corrected chi connectivity index (χ4v) is 9.45. The summed E-state index contributed by atoms with van der Waals surface area (Å²) >= 11 is 0. The number of amides is 5. The monoisotopic (exact) mass is 724 g/mol. The summed E-state index contributed by atoms with van der Waals surface area (Å²) in [6, 6.07) is 0.721. The molecule has 2 saturated carbocycles. The first-order chi connectivity index (χ1) is 23.9. The molecule has 4 rings (SSSR count). The third-order valence-electron chi connectivity index (χ3n) is 10.6. The smallest absolute Gasteiger partial charge is 0.315 e. The van der Waals surface area contributed by atoms with Gasteiger partial charge in [0.2, 0.25) is 17.6 Å². The highest BCUT2D eigenvalue weighted by Gasteiger charge is 2.70. The highest BCUT2D eigenvalue weighted by atomic mass is 32.2. The summed E-state index contributed by atoms with van der Waals surface area (Å²) in [6.07, 6.45) is 11.7. The minimum atomic E-state index is -3.85. The second kappa shape index (κ2) is 15.6. The number of carbonyl (C=O) groups is 5. The molecule has 0 bridgehead atoms. The molecule has 2 heterocycles. The number of aromatic nitrogens is 1. The Morgan fingerprint density at radius 2 is 1.80 bits per heavy atom. The zero-order chi connectivity index (χ0) is 37.8. The van der Waals surface area contributed by atoms with Gasteiger partial charge in [0.15, 0.2) is 14.9 Å². The number of ketones is 1. The second-order valence-corrected chi connectivity index (χ2v) is 17.7. The molecule has 5 amide bonds. The quantitative estimate of drug-likeness (QED) is 0.128. The maximum Gasteiger partial charge on any atom is 0.315 e. The molecule has 0 spiro atoms. The number of Topliss-reactive ketones (excluding diaryl/α,β-unsaturated/α-hetero) is 1. The van der Waals surface area contributed by atoms with Crippen molar-refractivity contribution in [3.63, 3.8) is 0 Å². The lowest BCUT2D eigenvalue weighted by Gasteiger charge is -2.40. The number of nitrogens with one attached hydrogen (secondary N) is 4. The summed E-state index contributed by atoms with van der Waals surface area (Å²) in [5.74, 6) is -0.893. The first-order valence-corrected chi connectivity index (χ1v) is 19.2. The van der Waals surface area contributed by atoms with Gasteiger partial charge in [-0.2, -0.15) is 0 Å². The number of terminal acetylenes is 1. The molecule has 1 aromatic rings. The number of urea groups is 1. The van der Waals surface area contributed by atoms with Gasteiger partial charge in [-0.1, -0.05) is 66.0 Å². The van der Waals surface area contributed by atoms with Crippen molar-refractivity contribution in [3.8, 4) is 12.3 Å². The van der Waals surface area contributed by atoms with Gasteiger partial charge in [0.05, 0.1) is 17.3 Å². The zero-order valence-corrected chi connectivity index (χ0v) is 31.1. The van der Waals surface area contributed by atoms with E-state index in [0.29, 0.717) is 12.8 Å². The Balaban J connectivity index is 1.56. The maximum atomic E-state index is 14.5. The predicted octanol–water partition coefficient (Wildman–Crippen LogP) is 2.52. The molecule has 2 aliphatic carbocycles. The molecule has 1 aliphatic heterocycles. The first kappa shape index (κ1) is 39.5. The minimum absolute atomic E-state index is 0.00436. The van der Waals surface area contributed by atoms with E-state index in [1.54, 1.807) is 32.9 Å². The lowest BCUT2D eigenvalue weighted by Crippen LogP contribution is -2.63. The van der Waals surface area contributed by atoms with Gasteiger partial charge in [-0.15, -0.1) is 18.9 Å². The summed E-state index contributed by atoms with van der Waals surface area (Å²) < 4.78 is 26.8. The van der Waals surface area contributed by atoms with E-state index in [9.17, 15) is 32.4 Å². The fraction of sp³-hybridized carbons (Fsp3) is 0.622. The Kier molecular flexibility index (Phi) is 12.1. The van der Waals surface area contributed by atoms with E-state index < -0.39 is 68.5 Å². The van der Waals surface area contributed by atoms with Crippen LogP contribution in [0.2, 0.25) is 0 Å². The van der Waals surface area contributed by atoms with E-state index in [2.05, 4.69) is 38.8 Å². The zero-order valence-electron chi connectivity index (χ0n) is 30.3. The number of carbonyl (C=O) groups excluding carboxylic acids is 5. The number of nitrogens with zero attached hydrogens (tertiary/aromatic N) is 2. The second-order valence-electron chi connectivity index (χ2n) is 15.7. The molecular formula is C37H52N6O7S. The van der Waals surface area contributed by atoms with Crippen molar-refractivity contribution >= 4 is 39.4 Å². The lowest BCUT2D eigenvalue weighted by molar-refractivity contribution is -0.145. The van der Waals surface area contributed by atoms with Crippen LogP contribution in [-0.4, -0.2) is 90.3 Å². The largest absolute Gasteiger partial charge is 0.346 e. The molecule has 278 valence electrons. The molecule has 3 aliphatic rings. The SMILES string of the molecule is C#CCCC(NC(=O)C1C2C(CN1C(=O)[C@@H](NC(=O)NC1(CS(=O)(=O)c3ccccn3)CCCCC1)C(C)(C)C)C2(C)C)C(=O)C(=O)NCC=C. The van der Waals surface area contributed by atoms with Crippen LogP contribution in [0, 0.1) is 35.0 Å². The van der Waals surface area contributed by atoms with E-state index in [0.717, 1.165) is 19.3 Å². The van der Waals surface area contributed by atoms with E-state index in [1.807, 2.05) is 13.8 Å². The Morgan fingerprint density at radius 3 is 2.39 bits per heavy atom. The summed E-state index contributed by atoms with van der Waals surface area (Å²) in [5.41, 5.74) is -2.14. The van der Waals surface area contributed by atoms with Crippen LogP contribution in [0.3, 0.4) is 0 Å². The summed E-state index contributed by atoms with van der Waals surface area (Å²) in [6.45, 7) is 13.3. The van der Waals surface area contributed by atoms with Gasteiger partial charge < -0.3 is 26.2 Å². The molecule has 14 heteroatoms. The maximum absolute atomic E-state index is 14.5. The van der Waals surface area contributed by atoms with Gasteiger partial charge in [0.1, 0.15) is 12.1 Å². The predicted molar refractivity (Wildman–Crippen MR) is 191 cm³/mol. The van der Waals surface area contributed by atoms with Crippen molar-refractivity contribution in [2.75, 3.05) is 18.8 Å². The van der Waals surface area contributed by atoms with E-state index >= 15 is 0 Å². The third-order valence-corrected chi connectivity index (χ3v) is 12.4. The number of sulfone groups is 1. The molecule has 4 unspecified atom stereocenters. The summed E-state index contributed by atoms with van der Waals surface area (Å²) in [5, 5.41) is 10.9. The Morgan fingerprint density at radius 1 is 1.12 bits per heavy atom. The standard InChI is InChI=1S/C37H52N6O7S/c1-8-10-16-25(29(44)32(46)39-20-9-2)40-31(45)28-27-24(36(27,6)7)22-43(28)33(47)30(35(3,4)5)41-34(48)42-37(18-13-11-14-19-37)23-51(49,50)26-17-12-15-21-38-26/h1,9,12,15,17,21,24-25,27-28,30H,2,10-11,13-14,16,18-20,22-23H2,3-7H3,(H,39,46)(H,40,45)(H2,41,42,48)/t24?,25?,27?,28?,30-/m1/s1. The molecule has 51 heavy (non-hydrogen) atoms. The van der Waals surface area contributed by atoms with Gasteiger partial charge in [-0.3, -0.25) is 19.2 Å². The van der Waals surface area contributed by atoms with Crippen molar-refractivity contribution in [1.29, 1.82) is 0 Å². The molecule has 0 radical (unpaired) electrons. The Bertz CT molecular complexity index is 1660. The lowest BCUT2D eigenvalue weighted by atomic mass is 9.83. The molecular weight excluding hydrogens is 673 g/mol. The molecule has 5 atom stereocenters. The molecule has 1 saturated heterocycles. The van der Waals surface area contributed by atoms with Gasteiger partial charge in [0, 0.05) is 25.7 Å². The van der Waals surface area contributed by atoms with Crippen LogP contribution in [-0.2, 0) is 29.0 Å². The van der Waals surface area contributed by atoms with Crippen molar-refractivity contribution in [2.24, 2.45) is 22.7 Å². The normalized spacial score (nSPS) is 23.0. The van der Waals surface area contributed by atoms with E-state index in [-0.39, 0.29) is 54.0 Å². The van der Waals surface area contributed by atoms with Crippen LogP contribution in [0.15, 0.2) is 42.1 Å². The minimum Gasteiger partial charge on any atom is -0.346 e. The molecule has 4 N–H and O–H groups in total. The average molecular weight is 725 g/mol. The highest BCUT2D eigenvalue weighted by Crippen LogP contribution is 2.65. The molecule has 3 fully saturated rings. The average Bonchev–Trinajstić information content (AvgIpc) is 3.38. The Labute approximate surface area is 301 Å². The van der Waals surface area contributed by atoms with Crippen LogP contribution in [0.1, 0.15) is 79.6 Å². The third kappa shape index (κ3) is 8.98. The number of hydrogen-bond acceptors (Lipinski definition) is 8. The van der Waals surface area contributed by atoms with Crippen molar-refractivity contribution in [3.05, 3.63) is 37.1 Å². The number of fused-ring (bicyclic) bond motifs is 1. The number of likely N-dealkylation sites (tertiary alicyclic amines) is 1. The number of rotatable bonds is 14. The van der Waals surface area contributed by atoms with Crippen LogP contribution in [0.4, 0.5) is 4.79 Å². The molecule has 1 aromatic heterocycles. The highest BCUT2D eigenvalue weighted by molar-refractivity contribution is 7.91.